The highest BCUT2D eigenvalue weighted by atomic mass is 19.2. The molecule has 2 fully saturated rings. The average Bonchev–Trinajstić information content (AvgIpc) is 3.24. The largest absolute Gasteiger partial charge is 0.491 e. The fourth-order valence-corrected chi connectivity index (χ4v) is 5.90. The molecule has 31 heavy (non-hydrogen) atoms. The Balaban J connectivity index is 1.61. The number of ether oxygens (including phenoxy) is 2. The van der Waals surface area contributed by atoms with E-state index in [1.54, 1.807) is 0 Å². The summed E-state index contributed by atoms with van der Waals surface area (Å²) in [6.45, 7) is 7.01. The Morgan fingerprint density at radius 3 is 2.32 bits per heavy atom. The summed E-state index contributed by atoms with van der Waals surface area (Å²) in [7, 11) is 0. The van der Waals surface area contributed by atoms with Gasteiger partial charge >= 0.3 is 0 Å². The van der Waals surface area contributed by atoms with Gasteiger partial charge in [-0.1, -0.05) is 32.6 Å². The van der Waals surface area contributed by atoms with Gasteiger partial charge in [-0.2, -0.15) is 0 Å². The minimum absolute atomic E-state index is 0.114. The predicted molar refractivity (Wildman–Crippen MR) is 123 cm³/mol. The molecular formula is C27H42F2O2. The van der Waals surface area contributed by atoms with Crippen LogP contribution in [0.3, 0.4) is 0 Å². The number of hydrogen-bond donors (Lipinski definition) is 0. The van der Waals surface area contributed by atoms with Gasteiger partial charge in [-0.05, 0) is 99.3 Å². The first-order valence-corrected chi connectivity index (χ1v) is 12.7. The van der Waals surface area contributed by atoms with Gasteiger partial charge in [0, 0.05) is 6.61 Å². The molecule has 2 nitrogen and oxygen atoms in total. The first-order valence-electron chi connectivity index (χ1n) is 12.7. The molecule has 0 N–H and O–H groups in total. The molecule has 3 aliphatic rings. The van der Waals surface area contributed by atoms with E-state index in [9.17, 15) is 8.78 Å². The van der Waals surface area contributed by atoms with Gasteiger partial charge in [0.15, 0.2) is 0 Å². The lowest BCUT2D eigenvalue weighted by Crippen LogP contribution is -2.26. The first kappa shape index (κ1) is 24.5. The molecule has 176 valence electrons. The minimum Gasteiger partial charge on any atom is -0.491 e. The molecule has 0 bridgehead atoms. The average molecular weight is 437 g/mol. The van der Waals surface area contributed by atoms with Gasteiger partial charge in [0.1, 0.15) is 31.0 Å². The van der Waals surface area contributed by atoms with Crippen molar-refractivity contribution < 1.29 is 18.3 Å². The summed E-state index contributed by atoms with van der Waals surface area (Å²) in [6, 6.07) is 0. The molecule has 0 amide bonds. The van der Waals surface area contributed by atoms with Crippen LogP contribution in [0.4, 0.5) is 8.78 Å². The first-order chi connectivity index (χ1) is 15.0. The second kappa shape index (κ2) is 12.2. The van der Waals surface area contributed by atoms with E-state index in [0.717, 1.165) is 54.8 Å². The van der Waals surface area contributed by atoms with Gasteiger partial charge in [0.25, 0.3) is 0 Å². The van der Waals surface area contributed by atoms with Crippen LogP contribution >= 0.6 is 0 Å². The van der Waals surface area contributed by atoms with Crippen molar-refractivity contribution in [3.8, 4) is 0 Å². The lowest BCUT2D eigenvalue weighted by atomic mass is 9.67. The predicted octanol–water partition coefficient (Wildman–Crippen LogP) is 7.86. The molecule has 1 heterocycles. The van der Waals surface area contributed by atoms with Crippen LogP contribution in [-0.2, 0) is 9.47 Å². The minimum atomic E-state index is -1.56. The lowest BCUT2D eigenvalue weighted by Gasteiger charge is -2.38. The number of halogens is 2. The van der Waals surface area contributed by atoms with Gasteiger partial charge in [0.05, 0.1) is 0 Å². The van der Waals surface area contributed by atoms with Crippen molar-refractivity contribution in [2.75, 3.05) is 19.8 Å². The van der Waals surface area contributed by atoms with E-state index in [2.05, 4.69) is 6.92 Å². The Bertz CT molecular complexity index is 648. The van der Waals surface area contributed by atoms with Crippen molar-refractivity contribution in [2.24, 2.45) is 23.7 Å². The summed E-state index contributed by atoms with van der Waals surface area (Å²) in [5, 5.41) is 0. The molecule has 0 radical (unpaired) electrons. The standard InChI is InChI=1S/C27H42F2O2/c1-4-6-20-7-9-22(10-8-20)23-11-13-24(14-12-23)26(27(29)19(3)28)16-21-15-25(31-17-21)18-30-5-2/h15-16,19-20,22-24H,4-14,17-18H2,1-3H3/b21-16-,27-26-. The Morgan fingerprint density at radius 1 is 1.10 bits per heavy atom. The van der Waals surface area contributed by atoms with Crippen molar-refractivity contribution in [1.82, 2.24) is 0 Å². The molecule has 0 aromatic carbocycles. The van der Waals surface area contributed by atoms with Crippen LogP contribution in [0.2, 0.25) is 0 Å². The van der Waals surface area contributed by atoms with E-state index in [-0.39, 0.29) is 5.92 Å². The second-order valence-corrected chi connectivity index (χ2v) is 9.86. The number of rotatable bonds is 9. The monoisotopic (exact) mass is 436 g/mol. The molecule has 4 heteroatoms. The van der Waals surface area contributed by atoms with E-state index >= 15 is 0 Å². The van der Waals surface area contributed by atoms with Crippen molar-refractivity contribution in [3.05, 3.63) is 34.9 Å². The van der Waals surface area contributed by atoms with Crippen molar-refractivity contribution in [2.45, 2.75) is 91.2 Å². The van der Waals surface area contributed by atoms with E-state index in [1.165, 1.54) is 45.4 Å². The molecule has 2 aliphatic carbocycles. The molecule has 0 saturated heterocycles. The van der Waals surface area contributed by atoms with E-state index in [1.807, 2.05) is 19.1 Å². The molecule has 1 aliphatic heterocycles. The maximum absolute atomic E-state index is 14.9. The summed E-state index contributed by atoms with van der Waals surface area (Å²) in [4.78, 5) is 0. The highest BCUT2D eigenvalue weighted by Gasteiger charge is 2.33. The third kappa shape index (κ3) is 6.91. The van der Waals surface area contributed by atoms with E-state index in [0.29, 0.717) is 25.4 Å². The van der Waals surface area contributed by atoms with Crippen molar-refractivity contribution in [1.29, 1.82) is 0 Å². The van der Waals surface area contributed by atoms with Crippen molar-refractivity contribution in [3.63, 3.8) is 0 Å². The van der Waals surface area contributed by atoms with E-state index in [4.69, 9.17) is 9.47 Å². The molecule has 2 saturated carbocycles. The number of allylic oxidation sites excluding steroid dienone is 3. The summed E-state index contributed by atoms with van der Waals surface area (Å²) in [6.07, 6.45) is 14.6. The highest BCUT2D eigenvalue weighted by molar-refractivity contribution is 5.38. The zero-order chi connectivity index (χ0) is 22.2. The quantitative estimate of drug-likeness (QED) is 0.366. The Labute approximate surface area is 188 Å². The third-order valence-corrected chi connectivity index (χ3v) is 7.65. The van der Waals surface area contributed by atoms with Crippen LogP contribution in [0.1, 0.15) is 85.0 Å². The summed E-state index contributed by atoms with van der Waals surface area (Å²) in [5.41, 5.74) is 1.48. The van der Waals surface area contributed by atoms with Crippen LogP contribution in [0.5, 0.6) is 0 Å². The van der Waals surface area contributed by atoms with Crippen LogP contribution in [0.15, 0.2) is 34.9 Å². The summed E-state index contributed by atoms with van der Waals surface area (Å²) >= 11 is 0. The smallest absolute Gasteiger partial charge is 0.149 e. The topological polar surface area (TPSA) is 18.5 Å². The molecule has 3 rings (SSSR count). The van der Waals surface area contributed by atoms with Crippen LogP contribution in [0.25, 0.3) is 0 Å². The summed E-state index contributed by atoms with van der Waals surface area (Å²) < 4.78 is 39.9. The highest BCUT2D eigenvalue weighted by Crippen LogP contribution is 2.44. The lowest BCUT2D eigenvalue weighted by molar-refractivity contribution is 0.120. The van der Waals surface area contributed by atoms with Gasteiger partial charge < -0.3 is 9.47 Å². The van der Waals surface area contributed by atoms with Crippen molar-refractivity contribution >= 4 is 0 Å². The SMILES string of the molecule is CCCC1CCC(C2CCC(C(/C=C3/C=C(COCC)OC3)=C(\F)C(C)F)CC2)CC1. The van der Waals surface area contributed by atoms with Gasteiger partial charge in [-0.15, -0.1) is 0 Å². The van der Waals surface area contributed by atoms with E-state index < -0.39 is 12.0 Å². The molecule has 1 unspecified atom stereocenters. The molecule has 0 aromatic heterocycles. The van der Waals surface area contributed by atoms with Crippen LogP contribution in [-0.4, -0.2) is 26.0 Å². The maximum Gasteiger partial charge on any atom is 0.149 e. The van der Waals surface area contributed by atoms with Gasteiger partial charge in [-0.3, -0.25) is 0 Å². The van der Waals surface area contributed by atoms with Gasteiger partial charge in [-0.25, -0.2) is 8.78 Å². The number of hydrogen-bond acceptors (Lipinski definition) is 2. The van der Waals surface area contributed by atoms with Crippen LogP contribution < -0.4 is 0 Å². The fraction of sp³-hybridized carbons (Fsp3) is 0.778. The molecule has 0 aromatic rings. The molecular weight excluding hydrogens is 394 g/mol. The number of alkyl halides is 1. The zero-order valence-electron chi connectivity index (χ0n) is 19.8. The summed E-state index contributed by atoms with van der Waals surface area (Å²) in [5.74, 6) is 2.84. The maximum atomic E-state index is 14.9. The third-order valence-electron chi connectivity index (χ3n) is 7.65. The Hall–Kier alpha value is -1.16. The second-order valence-electron chi connectivity index (χ2n) is 9.86. The fourth-order valence-electron chi connectivity index (χ4n) is 5.90. The normalized spacial score (nSPS) is 32.4. The van der Waals surface area contributed by atoms with Crippen LogP contribution in [0, 0.1) is 23.7 Å². The Morgan fingerprint density at radius 2 is 1.74 bits per heavy atom. The zero-order valence-corrected chi connectivity index (χ0v) is 19.8. The van der Waals surface area contributed by atoms with Gasteiger partial charge in [0.2, 0.25) is 0 Å². The molecule has 0 spiro atoms. The Kier molecular flexibility index (Phi) is 9.62. The molecule has 1 atom stereocenters.